The van der Waals surface area contributed by atoms with Gasteiger partial charge in [-0.3, -0.25) is 14.4 Å². The minimum atomic E-state index is -2.44. The number of phenolic OH excluding ortho intramolecular Hbond substituents is 1. The van der Waals surface area contributed by atoms with Gasteiger partial charge in [0.05, 0.1) is 31.0 Å². The summed E-state index contributed by atoms with van der Waals surface area (Å²) in [7, 11) is -2.44. The third-order valence-electron chi connectivity index (χ3n) is 8.89. The average Bonchev–Trinajstić information content (AvgIpc) is 3.01. The van der Waals surface area contributed by atoms with Gasteiger partial charge in [0.25, 0.3) is 0 Å². The van der Waals surface area contributed by atoms with E-state index in [1.165, 1.54) is 12.1 Å². The predicted molar refractivity (Wildman–Crippen MR) is 200 cm³/mol. The molecule has 0 aliphatic rings. The molecule has 4 aromatic rings. The van der Waals surface area contributed by atoms with Gasteiger partial charge < -0.3 is 34.6 Å². The van der Waals surface area contributed by atoms with Crippen molar-refractivity contribution in [1.82, 2.24) is 9.88 Å². The van der Waals surface area contributed by atoms with E-state index in [9.17, 15) is 24.3 Å². The van der Waals surface area contributed by atoms with Gasteiger partial charge in [-0.2, -0.15) is 0 Å². The van der Waals surface area contributed by atoms with Gasteiger partial charge in [-0.25, -0.2) is 4.79 Å². The second-order valence-corrected chi connectivity index (χ2v) is 20.1. The summed E-state index contributed by atoms with van der Waals surface area (Å²) < 4.78 is 12.8. The largest absolute Gasteiger partial charge is 0.506 e. The molecule has 11 nitrogen and oxygen atoms in total. The lowest BCUT2D eigenvalue weighted by molar-refractivity contribution is -0.136. The molecule has 272 valence electrons. The van der Waals surface area contributed by atoms with E-state index in [1.807, 2.05) is 12.1 Å². The van der Waals surface area contributed by atoms with Crippen LogP contribution < -0.4 is 10.9 Å². The van der Waals surface area contributed by atoms with Crippen molar-refractivity contribution in [3.8, 4) is 5.75 Å². The number of hydrogen-bond acceptors (Lipinski definition) is 7. The quantitative estimate of drug-likeness (QED) is 0.110. The van der Waals surface area contributed by atoms with E-state index in [0.717, 1.165) is 11.1 Å². The summed E-state index contributed by atoms with van der Waals surface area (Å²) in [5, 5.41) is 22.9. The van der Waals surface area contributed by atoms with Crippen LogP contribution in [0.4, 0.5) is 10.5 Å². The van der Waals surface area contributed by atoms with Gasteiger partial charge in [-0.1, -0.05) is 63.2 Å². The fraction of sp³-hybridized carbons (Fsp3) is 0.385. The zero-order valence-corrected chi connectivity index (χ0v) is 31.6. The molecule has 4 rings (SSSR count). The molecule has 0 saturated heterocycles. The second-order valence-electron chi connectivity index (χ2n) is 15.3. The first-order valence-electron chi connectivity index (χ1n) is 16.9. The maximum absolute atomic E-state index is 13.8. The standard InChI is InChI=1S/C39H49N3O8Si/c1-38(2,3)49-37(48)42(23-27-13-15-28(16-14-27)40-34(45)21-25-9-11-26(12-10-25)22-35(46)47)24-32(50-51(7,8)39(4,5)6)29-17-19-31(43)36-30(29)18-20-33(44)41-36/h9-20,32,43H,21-24H2,1-8H3,(H,40,45)(H,41,44)(H,46,47)/t32-/m0/s1. The van der Waals surface area contributed by atoms with E-state index in [2.05, 4.69) is 44.2 Å². The third-order valence-corrected chi connectivity index (χ3v) is 13.4. The van der Waals surface area contributed by atoms with E-state index in [1.54, 1.807) is 74.2 Å². The Morgan fingerprint density at radius 1 is 0.843 bits per heavy atom. The Morgan fingerprint density at radius 2 is 1.43 bits per heavy atom. The van der Waals surface area contributed by atoms with Crippen molar-refractivity contribution >= 4 is 42.9 Å². The van der Waals surface area contributed by atoms with E-state index in [4.69, 9.17) is 14.3 Å². The Balaban J connectivity index is 1.60. The molecule has 3 aromatic carbocycles. The Morgan fingerprint density at radius 3 is 2.00 bits per heavy atom. The van der Waals surface area contributed by atoms with Gasteiger partial charge in [-0.15, -0.1) is 0 Å². The first kappa shape index (κ1) is 38.9. The summed E-state index contributed by atoms with van der Waals surface area (Å²) in [5.74, 6) is -1.21. The van der Waals surface area contributed by atoms with Crippen molar-refractivity contribution in [2.45, 2.75) is 90.8 Å². The lowest BCUT2D eigenvalue weighted by Gasteiger charge is -2.41. The van der Waals surface area contributed by atoms with Crippen LogP contribution >= 0.6 is 0 Å². The number of nitrogens with one attached hydrogen (secondary N) is 2. The molecule has 12 heteroatoms. The predicted octanol–water partition coefficient (Wildman–Crippen LogP) is 7.54. The monoisotopic (exact) mass is 715 g/mol. The number of aromatic nitrogens is 1. The van der Waals surface area contributed by atoms with Gasteiger partial charge in [0.15, 0.2) is 8.32 Å². The summed E-state index contributed by atoms with van der Waals surface area (Å²) in [6.45, 7) is 16.4. The summed E-state index contributed by atoms with van der Waals surface area (Å²) >= 11 is 0. The number of pyridine rings is 1. The summed E-state index contributed by atoms with van der Waals surface area (Å²) in [4.78, 5) is 54.0. The van der Waals surface area contributed by atoms with Crippen LogP contribution in [0.5, 0.6) is 5.75 Å². The number of amides is 2. The van der Waals surface area contributed by atoms with Crippen molar-refractivity contribution in [3.63, 3.8) is 0 Å². The normalized spacial score (nSPS) is 12.7. The number of H-pyrrole nitrogens is 1. The van der Waals surface area contributed by atoms with Crippen LogP contribution in [0.2, 0.25) is 18.1 Å². The molecular formula is C39H49N3O8Si. The van der Waals surface area contributed by atoms with Crippen LogP contribution in [-0.4, -0.2) is 58.5 Å². The molecule has 0 saturated carbocycles. The number of aliphatic carboxylic acids is 1. The van der Waals surface area contributed by atoms with Crippen molar-refractivity contribution in [3.05, 3.63) is 105 Å². The zero-order valence-electron chi connectivity index (χ0n) is 30.6. The topological polar surface area (TPSA) is 158 Å². The van der Waals surface area contributed by atoms with Gasteiger partial charge in [0, 0.05) is 23.7 Å². The van der Waals surface area contributed by atoms with Crippen LogP contribution in [0.15, 0.2) is 77.6 Å². The third kappa shape index (κ3) is 10.8. The van der Waals surface area contributed by atoms with E-state index in [0.29, 0.717) is 27.7 Å². The number of ether oxygens (including phenoxy) is 1. The second kappa shape index (κ2) is 15.5. The highest BCUT2D eigenvalue weighted by molar-refractivity contribution is 6.74. The maximum atomic E-state index is 13.8. The highest BCUT2D eigenvalue weighted by Gasteiger charge is 2.41. The van der Waals surface area contributed by atoms with Crippen LogP contribution in [0.3, 0.4) is 0 Å². The number of fused-ring (bicyclic) bond motifs is 1. The fourth-order valence-corrected chi connectivity index (χ4v) is 6.52. The minimum Gasteiger partial charge on any atom is -0.506 e. The first-order chi connectivity index (χ1) is 23.7. The van der Waals surface area contributed by atoms with Gasteiger partial charge in [0.1, 0.15) is 11.4 Å². The molecule has 2 amide bonds. The lowest BCUT2D eigenvalue weighted by Crippen LogP contribution is -2.45. The van der Waals surface area contributed by atoms with Crippen molar-refractivity contribution < 1.29 is 33.8 Å². The number of aromatic amines is 1. The Kier molecular flexibility index (Phi) is 11.8. The number of phenols is 1. The van der Waals surface area contributed by atoms with Crippen molar-refractivity contribution in [1.29, 1.82) is 0 Å². The molecule has 0 aliphatic carbocycles. The molecule has 1 heterocycles. The molecule has 4 N–H and O–H groups in total. The molecule has 51 heavy (non-hydrogen) atoms. The fourth-order valence-electron chi connectivity index (χ4n) is 5.26. The number of aromatic hydroxyl groups is 1. The van der Waals surface area contributed by atoms with E-state index < -0.39 is 32.1 Å². The molecule has 0 unspecified atom stereocenters. The smallest absolute Gasteiger partial charge is 0.410 e. The summed E-state index contributed by atoms with van der Waals surface area (Å²) in [6.07, 6.45) is -1.12. The SMILES string of the molecule is CC(C)(C)OC(=O)N(Cc1ccc(NC(=O)Cc2ccc(CC(=O)O)cc2)cc1)C[C@H](O[Si](C)(C)C(C)(C)C)c1ccc(O)c2[nH]c(=O)ccc12. The molecular weight excluding hydrogens is 667 g/mol. The number of rotatable bonds is 12. The molecule has 0 aliphatic heterocycles. The number of carboxylic acid groups (broad SMARTS) is 1. The number of carboxylic acids is 1. The molecule has 1 atom stereocenters. The Hall–Kier alpha value is -4.94. The Labute approximate surface area is 299 Å². The number of carbonyl (C=O) groups excluding carboxylic acids is 2. The van der Waals surface area contributed by atoms with Crippen molar-refractivity contribution in [2.24, 2.45) is 0 Å². The van der Waals surface area contributed by atoms with Crippen molar-refractivity contribution in [2.75, 3.05) is 11.9 Å². The number of hydrogen-bond donors (Lipinski definition) is 4. The maximum Gasteiger partial charge on any atom is 0.410 e. The molecule has 0 radical (unpaired) electrons. The summed E-state index contributed by atoms with van der Waals surface area (Å²) in [6, 6.07) is 20.4. The van der Waals surface area contributed by atoms with E-state index in [-0.39, 0.29) is 48.2 Å². The van der Waals surface area contributed by atoms with Crippen LogP contribution in [-0.2, 0) is 38.1 Å². The van der Waals surface area contributed by atoms with Crippen LogP contribution in [0.1, 0.15) is 69.9 Å². The summed E-state index contributed by atoms with van der Waals surface area (Å²) in [5.41, 5.74) is 2.69. The number of anilines is 1. The van der Waals surface area contributed by atoms with Gasteiger partial charge >= 0.3 is 12.1 Å². The van der Waals surface area contributed by atoms with E-state index >= 15 is 0 Å². The molecule has 0 bridgehead atoms. The zero-order chi connectivity index (χ0) is 37.7. The number of carbonyl (C=O) groups is 3. The highest BCUT2D eigenvalue weighted by atomic mass is 28.4. The highest BCUT2D eigenvalue weighted by Crippen LogP contribution is 2.41. The van der Waals surface area contributed by atoms with Gasteiger partial charge in [0.2, 0.25) is 11.5 Å². The minimum absolute atomic E-state index is 0.0673. The Bertz CT molecular complexity index is 1920. The first-order valence-corrected chi connectivity index (χ1v) is 19.8. The molecule has 0 fully saturated rings. The van der Waals surface area contributed by atoms with Gasteiger partial charge in [-0.05, 0) is 85.4 Å². The average molecular weight is 716 g/mol. The molecule has 1 aromatic heterocycles. The molecule has 0 spiro atoms. The van der Waals surface area contributed by atoms with Crippen LogP contribution in [0, 0.1) is 0 Å². The van der Waals surface area contributed by atoms with Crippen LogP contribution in [0.25, 0.3) is 10.9 Å². The lowest BCUT2D eigenvalue weighted by atomic mass is 10.0. The number of nitrogens with zero attached hydrogens (tertiary/aromatic N) is 1. The number of benzene rings is 3.